The number of hydrogen-bond acceptors (Lipinski definition) is 6. The van der Waals surface area contributed by atoms with Gasteiger partial charge in [0.25, 0.3) is 0 Å². The molecule has 2 aromatic heterocycles. The van der Waals surface area contributed by atoms with Gasteiger partial charge in [0.05, 0.1) is 31.6 Å². The molecule has 4 heterocycles. The van der Waals surface area contributed by atoms with Gasteiger partial charge in [-0.25, -0.2) is 4.68 Å². The quantitative estimate of drug-likeness (QED) is 0.570. The molecule has 0 atom stereocenters. The zero-order chi connectivity index (χ0) is 24.0. The molecule has 2 aromatic rings. The van der Waals surface area contributed by atoms with Crippen LogP contribution in [0.2, 0.25) is 0 Å². The van der Waals surface area contributed by atoms with E-state index < -0.39 is 0 Å². The van der Waals surface area contributed by atoms with Crippen LogP contribution in [0.15, 0.2) is 18.5 Å². The first-order valence-electron chi connectivity index (χ1n) is 12.9. The summed E-state index contributed by atoms with van der Waals surface area (Å²) in [6.07, 6.45) is 10.2. The highest BCUT2D eigenvalue weighted by atomic mass is 16.7. The van der Waals surface area contributed by atoms with Gasteiger partial charge in [0.2, 0.25) is 0 Å². The van der Waals surface area contributed by atoms with Crippen molar-refractivity contribution in [3.8, 4) is 11.4 Å². The zero-order valence-corrected chi connectivity index (χ0v) is 21.6. The minimum atomic E-state index is -0.278. The summed E-state index contributed by atoms with van der Waals surface area (Å²) in [7, 11) is 0. The lowest BCUT2D eigenvalue weighted by Crippen LogP contribution is -2.57. The Kier molecular flexibility index (Phi) is 6.32. The normalized spacial score (nSPS) is 23.9. The predicted octanol–water partition coefficient (Wildman–Crippen LogP) is 4.49. The van der Waals surface area contributed by atoms with Crippen LogP contribution < -0.4 is 0 Å². The molecule has 1 aliphatic carbocycles. The van der Waals surface area contributed by atoms with Gasteiger partial charge >= 0.3 is 0 Å². The lowest BCUT2D eigenvalue weighted by atomic mass is 9.64. The Labute approximate surface area is 204 Å². The molecule has 0 spiro atoms. The number of nitrogens with zero attached hydrogens (tertiary/aromatic N) is 5. The van der Waals surface area contributed by atoms with Crippen LogP contribution >= 0.6 is 0 Å². The molecular formula is C27H41N5O2. The molecule has 7 nitrogen and oxygen atoms in total. The molecule has 0 unspecified atom stereocenters. The molecule has 3 fully saturated rings. The minimum absolute atomic E-state index is 0.0663. The summed E-state index contributed by atoms with van der Waals surface area (Å²) in [6, 6.07) is 2.29. The molecule has 0 radical (unpaired) electrons. The molecular weight excluding hydrogens is 426 g/mol. The Morgan fingerprint density at radius 2 is 1.79 bits per heavy atom. The van der Waals surface area contributed by atoms with Crippen molar-refractivity contribution in [2.45, 2.75) is 79.6 Å². The number of aryl methyl sites for hydroxylation is 2. The van der Waals surface area contributed by atoms with Gasteiger partial charge < -0.3 is 14.4 Å². The maximum absolute atomic E-state index is 5.84. The molecule has 0 N–H and O–H groups in total. The lowest BCUT2D eigenvalue weighted by molar-refractivity contribution is -0.227. The fourth-order valence-corrected chi connectivity index (χ4v) is 5.84. The molecule has 0 amide bonds. The smallest absolute Gasteiger partial charge is 0.177 e. The van der Waals surface area contributed by atoms with Crippen LogP contribution in [0.3, 0.4) is 0 Å². The van der Waals surface area contributed by atoms with Crippen molar-refractivity contribution < 1.29 is 9.47 Å². The van der Waals surface area contributed by atoms with Crippen molar-refractivity contribution in [1.29, 1.82) is 0 Å². The maximum atomic E-state index is 5.84. The Hall–Kier alpha value is -1.83. The summed E-state index contributed by atoms with van der Waals surface area (Å²) in [4.78, 5) is 7.46. The van der Waals surface area contributed by atoms with Gasteiger partial charge in [0, 0.05) is 31.2 Å². The average Bonchev–Trinajstić information content (AvgIpc) is 3.18. The SMILES string of the molecule is Cc1cc(CCC2(CN3CC(C)(C)C3)CCC2)cnc1-c1cn(CC2OCC(C)(C)CO2)nn1. The van der Waals surface area contributed by atoms with Gasteiger partial charge in [0.15, 0.2) is 6.29 Å². The standard InChI is InChI=1S/C27H41N5O2/c1-20-11-21(7-10-27(8-6-9-27)17-31-15-25(2,3)16-31)12-28-24(20)22-13-32(30-29-22)14-23-33-18-26(4,5)19-34-23/h11-13,23H,6-10,14-19H2,1-5H3. The van der Waals surface area contributed by atoms with Crippen molar-refractivity contribution in [3.63, 3.8) is 0 Å². The van der Waals surface area contributed by atoms with E-state index in [9.17, 15) is 0 Å². The Balaban J connectivity index is 1.17. The fraction of sp³-hybridized carbons (Fsp3) is 0.741. The molecule has 34 heavy (non-hydrogen) atoms. The van der Waals surface area contributed by atoms with Crippen LogP contribution in [-0.2, 0) is 22.4 Å². The molecule has 5 rings (SSSR count). The van der Waals surface area contributed by atoms with Crippen molar-refractivity contribution in [3.05, 3.63) is 29.6 Å². The van der Waals surface area contributed by atoms with Gasteiger partial charge in [-0.2, -0.15) is 0 Å². The van der Waals surface area contributed by atoms with Crippen molar-refractivity contribution in [1.82, 2.24) is 24.9 Å². The van der Waals surface area contributed by atoms with E-state index in [1.54, 1.807) is 4.68 Å². The summed E-state index contributed by atoms with van der Waals surface area (Å²) in [5.74, 6) is 0. The van der Waals surface area contributed by atoms with E-state index >= 15 is 0 Å². The van der Waals surface area contributed by atoms with E-state index in [-0.39, 0.29) is 11.7 Å². The molecule has 0 aromatic carbocycles. The molecule has 1 saturated carbocycles. The zero-order valence-electron chi connectivity index (χ0n) is 21.6. The number of ether oxygens (including phenoxy) is 2. The van der Waals surface area contributed by atoms with E-state index in [0.717, 1.165) is 23.4 Å². The van der Waals surface area contributed by atoms with Gasteiger partial charge in [0.1, 0.15) is 5.69 Å². The van der Waals surface area contributed by atoms with Crippen LogP contribution in [0.25, 0.3) is 11.4 Å². The van der Waals surface area contributed by atoms with Crippen LogP contribution in [0.5, 0.6) is 0 Å². The number of hydrogen-bond donors (Lipinski definition) is 0. The second-order valence-corrected chi connectivity index (χ2v) is 12.7. The van der Waals surface area contributed by atoms with E-state index in [1.165, 1.54) is 50.9 Å². The van der Waals surface area contributed by atoms with Gasteiger partial charge in [-0.15, -0.1) is 5.10 Å². The third kappa shape index (κ3) is 5.37. The molecule has 7 heteroatoms. The monoisotopic (exact) mass is 467 g/mol. The topological polar surface area (TPSA) is 65.3 Å². The summed E-state index contributed by atoms with van der Waals surface area (Å²) >= 11 is 0. The van der Waals surface area contributed by atoms with Crippen molar-refractivity contribution in [2.24, 2.45) is 16.2 Å². The molecule has 2 aliphatic heterocycles. The van der Waals surface area contributed by atoms with Crippen LogP contribution in [0.1, 0.15) is 64.5 Å². The molecule has 2 saturated heterocycles. The van der Waals surface area contributed by atoms with Gasteiger partial charge in [-0.1, -0.05) is 45.4 Å². The van der Waals surface area contributed by atoms with E-state index in [4.69, 9.17) is 14.5 Å². The lowest BCUT2D eigenvalue weighted by Gasteiger charge is -2.53. The molecule has 186 valence electrons. The van der Waals surface area contributed by atoms with E-state index in [0.29, 0.717) is 30.6 Å². The highest BCUT2D eigenvalue weighted by Gasteiger charge is 2.43. The highest BCUT2D eigenvalue weighted by Crippen LogP contribution is 2.47. The van der Waals surface area contributed by atoms with Crippen LogP contribution in [-0.4, -0.2) is 64.0 Å². The van der Waals surface area contributed by atoms with Gasteiger partial charge in [-0.3, -0.25) is 4.98 Å². The second-order valence-electron chi connectivity index (χ2n) is 12.7. The highest BCUT2D eigenvalue weighted by molar-refractivity contribution is 5.57. The number of pyridine rings is 1. The minimum Gasteiger partial charge on any atom is -0.350 e. The maximum Gasteiger partial charge on any atom is 0.177 e. The van der Waals surface area contributed by atoms with Crippen LogP contribution in [0, 0.1) is 23.2 Å². The number of aromatic nitrogens is 4. The van der Waals surface area contributed by atoms with E-state index in [1.807, 2.05) is 12.4 Å². The second kappa shape index (κ2) is 8.99. The number of rotatable bonds is 8. The Bertz CT molecular complexity index is 992. The summed E-state index contributed by atoms with van der Waals surface area (Å²) in [5, 5.41) is 8.66. The Morgan fingerprint density at radius 3 is 2.41 bits per heavy atom. The number of likely N-dealkylation sites (tertiary alicyclic amines) is 1. The Morgan fingerprint density at radius 1 is 1.06 bits per heavy atom. The van der Waals surface area contributed by atoms with Crippen LogP contribution in [0.4, 0.5) is 0 Å². The third-order valence-electron chi connectivity index (χ3n) is 7.79. The average molecular weight is 468 g/mol. The first kappa shape index (κ1) is 23.9. The van der Waals surface area contributed by atoms with Gasteiger partial charge in [-0.05, 0) is 54.6 Å². The first-order chi connectivity index (χ1) is 16.1. The van der Waals surface area contributed by atoms with E-state index in [2.05, 4.69) is 55.9 Å². The summed E-state index contributed by atoms with van der Waals surface area (Å²) < 4.78 is 13.5. The van der Waals surface area contributed by atoms with Crippen molar-refractivity contribution in [2.75, 3.05) is 32.8 Å². The molecule has 3 aliphatic rings. The summed E-state index contributed by atoms with van der Waals surface area (Å²) in [5.41, 5.74) is 5.29. The first-order valence-corrected chi connectivity index (χ1v) is 12.9. The van der Waals surface area contributed by atoms with Crippen molar-refractivity contribution >= 4 is 0 Å². The molecule has 0 bridgehead atoms. The largest absolute Gasteiger partial charge is 0.350 e. The third-order valence-corrected chi connectivity index (χ3v) is 7.79. The predicted molar refractivity (Wildman–Crippen MR) is 132 cm³/mol. The summed E-state index contributed by atoms with van der Waals surface area (Å²) in [6.45, 7) is 16.9. The fourth-order valence-electron chi connectivity index (χ4n) is 5.84.